The Morgan fingerprint density at radius 2 is 1.92 bits per heavy atom. The highest BCUT2D eigenvalue weighted by molar-refractivity contribution is 6.30. The van der Waals surface area contributed by atoms with E-state index in [4.69, 9.17) is 16.9 Å². The Balaban J connectivity index is 1.47. The molecule has 2 saturated heterocycles. The predicted octanol–water partition coefficient (Wildman–Crippen LogP) is 1.87. The third-order valence-corrected chi connectivity index (χ3v) is 5.31. The summed E-state index contributed by atoms with van der Waals surface area (Å²) in [6.07, 6.45) is 5.90. The summed E-state index contributed by atoms with van der Waals surface area (Å²) in [7, 11) is 0. The molecule has 1 aromatic rings. The first-order valence-electron chi connectivity index (χ1n) is 8.42. The van der Waals surface area contributed by atoms with Crippen molar-refractivity contribution < 1.29 is 4.79 Å². The molecular formula is C16H19ClN6O. The summed E-state index contributed by atoms with van der Waals surface area (Å²) in [6, 6.07) is 2.79. The summed E-state index contributed by atoms with van der Waals surface area (Å²) in [5, 5.41) is 9.04. The molecule has 0 N–H and O–H groups in total. The summed E-state index contributed by atoms with van der Waals surface area (Å²) in [5.41, 5.74) is 0.142. The highest BCUT2D eigenvalue weighted by atomic mass is 35.5. The molecule has 3 fully saturated rings. The number of hydrogen-bond donors (Lipinski definition) is 0. The summed E-state index contributed by atoms with van der Waals surface area (Å²) < 4.78 is 0. The predicted molar refractivity (Wildman–Crippen MR) is 88.8 cm³/mol. The van der Waals surface area contributed by atoms with Crippen molar-refractivity contribution in [2.75, 3.05) is 31.1 Å². The number of anilines is 1. The minimum atomic E-state index is 0.134. The SMILES string of the molecule is N#Cc1ncc(N2CCC[C@@H](N3CCN(C4CC4)C3=O)C2)nc1Cl. The van der Waals surface area contributed by atoms with Crippen LogP contribution in [0.5, 0.6) is 0 Å². The third-order valence-electron chi connectivity index (χ3n) is 5.05. The zero-order valence-corrected chi connectivity index (χ0v) is 14.1. The molecule has 8 heteroatoms. The summed E-state index contributed by atoms with van der Waals surface area (Å²) in [6.45, 7) is 3.26. The molecule has 0 unspecified atom stereocenters. The molecule has 0 spiro atoms. The number of urea groups is 1. The second-order valence-electron chi connectivity index (χ2n) is 6.62. The van der Waals surface area contributed by atoms with Crippen LogP contribution in [0.15, 0.2) is 6.20 Å². The second kappa shape index (κ2) is 6.10. The van der Waals surface area contributed by atoms with Crippen molar-refractivity contribution >= 4 is 23.4 Å². The van der Waals surface area contributed by atoms with Gasteiger partial charge in [0.2, 0.25) is 0 Å². The fourth-order valence-electron chi connectivity index (χ4n) is 3.64. The van der Waals surface area contributed by atoms with Crippen LogP contribution in [-0.4, -0.2) is 64.1 Å². The van der Waals surface area contributed by atoms with Crippen LogP contribution < -0.4 is 4.90 Å². The first kappa shape index (κ1) is 15.5. The maximum Gasteiger partial charge on any atom is 0.320 e. The van der Waals surface area contributed by atoms with Crippen molar-refractivity contribution in [2.24, 2.45) is 0 Å². The van der Waals surface area contributed by atoms with Gasteiger partial charge in [-0.1, -0.05) is 11.6 Å². The first-order chi connectivity index (χ1) is 11.7. The van der Waals surface area contributed by atoms with Gasteiger partial charge in [0.25, 0.3) is 0 Å². The van der Waals surface area contributed by atoms with Gasteiger partial charge in [-0.3, -0.25) is 0 Å². The van der Waals surface area contributed by atoms with Crippen LogP contribution in [-0.2, 0) is 0 Å². The van der Waals surface area contributed by atoms with Gasteiger partial charge >= 0.3 is 6.03 Å². The average molecular weight is 347 g/mol. The van der Waals surface area contributed by atoms with Crippen LogP contribution in [0.4, 0.5) is 10.6 Å². The Labute approximate surface area is 145 Å². The van der Waals surface area contributed by atoms with Gasteiger partial charge in [0.1, 0.15) is 11.9 Å². The van der Waals surface area contributed by atoms with Gasteiger partial charge in [-0.2, -0.15) is 5.26 Å². The van der Waals surface area contributed by atoms with E-state index in [0.717, 1.165) is 51.9 Å². The Morgan fingerprint density at radius 3 is 2.58 bits per heavy atom. The summed E-state index contributed by atoms with van der Waals surface area (Å²) >= 11 is 6.00. The molecule has 1 aromatic heterocycles. The summed E-state index contributed by atoms with van der Waals surface area (Å²) in [5.74, 6) is 0.675. The van der Waals surface area contributed by atoms with Gasteiger partial charge in [0.05, 0.1) is 12.2 Å². The van der Waals surface area contributed by atoms with Crippen LogP contribution in [0, 0.1) is 11.3 Å². The fourth-order valence-corrected chi connectivity index (χ4v) is 3.82. The standard InChI is InChI=1S/C16H19ClN6O/c17-15-13(8-18)19-9-14(20-15)21-5-1-2-12(10-21)23-7-6-22(16(23)24)11-3-4-11/h9,11-12H,1-7,10H2/t12-/m1/s1. The third kappa shape index (κ3) is 2.75. The van der Waals surface area contributed by atoms with E-state index in [2.05, 4.69) is 14.9 Å². The van der Waals surface area contributed by atoms with Crippen molar-refractivity contribution in [1.29, 1.82) is 5.26 Å². The molecule has 3 heterocycles. The van der Waals surface area contributed by atoms with Gasteiger partial charge in [0.15, 0.2) is 10.8 Å². The van der Waals surface area contributed by atoms with Crippen LogP contribution in [0.2, 0.25) is 5.15 Å². The van der Waals surface area contributed by atoms with E-state index in [-0.39, 0.29) is 22.9 Å². The lowest BCUT2D eigenvalue weighted by Crippen LogP contribution is -2.49. The fraction of sp³-hybridized carbons (Fsp3) is 0.625. The number of nitriles is 1. The monoisotopic (exact) mass is 346 g/mol. The normalized spacial score (nSPS) is 24.4. The van der Waals surface area contributed by atoms with Crippen molar-refractivity contribution in [2.45, 2.75) is 37.8 Å². The largest absolute Gasteiger partial charge is 0.353 e. The van der Waals surface area contributed by atoms with Gasteiger partial charge in [-0.05, 0) is 25.7 Å². The number of nitrogens with zero attached hydrogens (tertiary/aromatic N) is 6. The van der Waals surface area contributed by atoms with Crippen LogP contribution in [0.1, 0.15) is 31.4 Å². The van der Waals surface area contributed by atoms with Gasteiger partial charge in [-0.15, -0.1) is 0 Å². The molecule has 126 valence electrons. The molecular weight excluding hydrogens is 328 g/mol. The number of carbonyl (C=O) groups excluding carboxylic acids is 1. The van der Waals surface area contributed by atoms with Crippen LogP contribution in [0.3, 0.4) is 0 Å². The first-order valence-corrected chi connectivity index (χ1v) is 8.80. The van der Waals surface area contributed by atoms with E-state index in [1.807, 2.05) is 15.9 Å². The number of hydrogen-bond acceptors (Lipinski definition) is 5. The van der Waals surface area contributed by atoms with E-state index in [9.17, 15) is 4.79 Å². The minimum absolute atomic E-state index is 0.134. The molecule has 7 nitrogen and oxygen atoms in total. The highest BCUT2D eigenvalue weighted by Crippen LogP contribution is 2.32. The number of aromatic nitrogens is 2. The van der Waals surface area contributed by atoms with Gasteiger partial charge < -0.3 is 14.7 Å². The average Bonchev–Trinajstić information content (AvgIpc) is 3.37. The maximum atomic E-state index is 12.6. The molecule has 2 aliphatic heterocycles. The van der Waals surface area contributed by atoms with E-state index in [1.54, 1.807) is 6.20 Å². The van der Waals surface area contributed by atoms with Crippen molar-refractivity contribution in [3.63, 3.8) is 0 Å². The van der Waals surface area contributed by atoms with E-state index < -0.39 is 0 Å². The number of rotatable bonds is 3. The lowest BCUT2D eigenvalue weighted by molar-refractivity contribution is 0.169. The molecule has 0 aromatic carbocycles. The second-order valence-corrected chi connectivity index (χ2v) is 6.98. The minimum Gasteiger partial charge on any atom is -0.353 e. The van der Waals surface area contributed by atoms with E-state index in [0.29, 0.717) is 11.9 Å². The van der Waals surface area contributed by atoms with Crippen LogP contribution in [0.25, 0.3) is 0 Å². The van der Waals surface area contributed by atoms with Crippen molar-refractivity contribution in [1.82, 2.24) is 19.8 Å². The van der Waals surface area contributed by atoms with Gasteiger partial charge in [0, 0.05) is 32.2 Å². The number of piperidine rings is 1. The number of amides is 2. The molecule has 1 atom stereocenters. The zero-order chi connectivity index (χ0) is 16.7. The van der Waals surface area contributed by atoms with Gasteiger partial charge in [-0.25, -0.2) is 14.8 Å². The van der Waals surface area contributed by atoms with Crippen molar-refractivity contribution in [3.8, 4) is 6.07 Å². The Hall–Kier alpha value is -2.07. The molecule has 2 amide bonds. The van der Waals surface area contributed by atoms with E-state index in [1.165, 1.54) is 0 Å². The molecule has 4 rings (SSSR count). The molecule has 1 aliphatic carbocycles. The van der Waals surface area contributed by atoms with E-state index >= 15 is 0 Å². The van der Waals surface area contributed by atoms with Crippen LogP contribution >= 0.6 is 11.6 Å². The lowest BCUT2D eigenvalue weighted by Gasteiger charge is -2.37. The molecule has 0 radical (unpaired) electrons. The summed E-state index contributed by atoms with van der Waals surface area (Å²) in [4.78, 5) is 27.1. The highest BCUT2D eigenvalue weighted by Gasteiger charge is 2.42. The number of halogens is 1. The lowest BCUT2D eigenvalue weighted by atomic mass is 10.0. The Bertz CT molecular complexity index is 700. The van der Waals surface area contributed by atoms with Crippen molar-refractivity contribution in [3.05, 3.63) is 17.0 Å². The molecule has 1 saturated carbocycles. The smallest absolute Gasteiger partial charge is 0.320 e. The zero-order valence-electron chi connectivity index (χ0n) is 13.4. The molecule has 0 bridgehead atoms. The Morgan fingerprint density at radius 1 is 1.17 bits per heavy atom. The molecule has 3 aliphatic rings. The molecule has 24 heavy (non-hydrogen) atoms. The topological polar surface area (TPSA) is 76.4 Å². The maximum absolute atomic E-state index is 12.6. The Kier molecular flexibility index (Phi) is 3.93. The number of carbonyl (C=O) groups is 1. The quantitative estimate of drug-likeness (QED) is 0.835.